The number of hydrogen-bond donors (Lipinski definition) is 3. The Bertz CT molecular complexity index is 550. The Hall–Kier alpha value is -1.57. The monoisotopic (exact) mass is 370 g/mol. The van der Waals surface area contributed by atoms with Crippen LogP contribution < -0.4 is 15.4 Å². The summed E-state index contributed by atoms with van der Waals surface area (Å²) < 4.78 is 11.1. The highest BCUT2D eigenvalue weighted by molar-refractivity contribution is 6.31. The lowest BCUT2D eigenvalue weighted by Gasteiger charge is -2.24. The summed E-state index contributed by atoms with van der Waals surface area (Å²) in [5, 5.41) is 16.2. The number of guanidine groups is 1. The molecule has 0 amide bonds. The van der Waals surface area contributed by atoms with E-state index in [4.69, 9.17) is 21.1 Å². The summed E-state index contributed by atoms with van der Waals surface area (Å²) in [6, 6.07) is 3.51. The Kier molecular flexibility index (Phi) is 8.24. The fourth-order valence-electron chi connectivity index (χ4n) is 2.67. The van der Waals surface area contributed by atoms with E-state index in [1.54, 1.807) is 18.3 Å². The SMILES string of the molecule is CCNC(=NCC1(CCO)CCOC1)NCCOc1ncccc1Cl. The maximum atomic E-state index is 9.30. The van der Waals surface area contributed by atoms with E-state index >= 15 is 0 Å². The van der Waals surface area contributed by atoms with Crippen LogP contribution in [0.15, 0.2) is 23.3 Å². The van der Waals surface area contributed by atoms with Crippen LogP contribution in [0.5, 0.6) is 5.88 Å². The number of pyridine rings is 1. The van der Waals surface area contributed by atoms with Crippen molar-refractivity contribution in [2.24, 2.45) is 10.4 Å². The van der Waals surface area contributed by atoms with E-state index in [1.807, 2.05) is 6.92 Å². The quantitative estimate of drug-likeness (QED) is 0.346. The Morgan fingerprint density at radius 3 is 3.08 bits per heavy atom. The van der Waals surface area contributed by atoms with Gasteiger partial charge in [0.25, 0.3) is 0 Å². The average molecular weight is 371 g/mol. The van der Waals surface area contributed by atoms with Gasteiger partial charge in [-0.05, 0) is 31.9 Å². The molecule has 140 valence electrons. The number of aliphatic imine (C=N–C) groups is 1. The highest BCUT2D eigenvalue weighted by atomic mass is 35.5. The molecule has 1 atom stereocenters. The molecule has 0 bridgehead atoms. The second-order valence-corrected chi connectivity index (χ2v) is 6.44. The maximum absolute atomic E-state index is 9.30. The van der Waals surface area contributed by atoms with Crippen molar-refractivity contribution in [2.75, 3.05) is 46.1 Å². The molecule has 3 N–H and O–H groups in total. The molecule has 0 saturated carbocycles. The van der Waals surface area contributed by atoms with E-state index in [2.05, 4.69) is 20.6 Å². The number of hydrogen-bond acceptors (Lipinski definition) is 5. The fourth-order valence-corrected chi connectivity index (χ4v) is 2.85. The minimum atomic E-state index is -0.0604. The van der Waals surface area contributed by atoms with Crippen LogP contribution in [0.1, 0.15) is 19.8 Å². The zero-order chi connectivity index (χ0) is 18.0. The summed E-state index contributed by atoms with van der Waals surface area (Å²) in [5.74, 6) is 1.15. The summed E-state index contributed by atoms with van der Waals surface area (Å²) in [7, 11) is 0. The van der Waals surface area contributed by atoms with Crippen LogP contribution in [0.25, 0.3) is 0 Å². The average Bonchev–Trinajstić information content (AvgIpc) is 3.07. The summed E-state index contributed by atoms with van der Waals surface area (Å²) in [5.41, 5.74) is -0.0604. The number of nitrogens with one attached hydrogen (secondary N) is 2. The van der Waals surface area contributed by atoms with Crippen LogP contribution in [0.2, 0.25) is 5.02 Å². The molecule has 0 aromatic carbocycles. The minimum Gasteiger partial charge on any atom is -0.475 e. The van der Waals surface area contributed by atoms with Crippen LogP contribution in [-0.4, -0.2) is 62.1 Å². The predicted molar refractivity (Wildman–Crippen MR) is 98.3 cm³/mol. The molecule has 0 spiro atoms. The van der Waals surface area contributed by atoms with Gasteiger partial charge in [-0.2, -0.15) is 0 Å². The van der Waals surface area contributed by atoms with Crippen molar-refractivity contribution < 1.29 is 14.6 Å². The van der Waals surface area contributed by atoms with Gasteiger partial charge in [0.05, 0.1) is 19.7 Å². The van der Waals surface area contributed by atoms with E-state index in [0.717, 1.165) is 25.5 Å². The number of rotatable bonds is 9. The second-order valence-electron chi connectivity index (χ2n) is 6.04. The lowest BCUT2D eigenvalue weighted by molar-refractivity contribution is 0.131. The first-order chi connectivity index (χ1) is 12.2. The van der Waals surface area contributed by atoms with E-state index in [0.29, 0.717) is 43.6 Å². The van der Waals surface area contributed by atoms with E-state index in [1.165, 1.54) is 0 Å². The molecule has 25 heavy (non-hydrogen) atoms. The molecular weight excluding hydrogens is 344 g/mol. The van der Waals surface area contributed by atoms with Crippen molar-refractivity contribution in [3.05, 3.63) is 23.4 Å². The standard InChI is InChI=1S/C17H27ClN4O3/c1-2-19-16(22-12-17(5-9-23)6-10-24-13-17)21-8-11-25-15-14(18)4-3-7-20-15/h3-4,7,23H,2,5-6,8-13H2,1H3,(H2,19,21,22). The number of aliphatic hydroxyl groups is 1. The van der Waals surface area contributed by atoms with Gasteiger partial charge in [-0.3, -0.25) is 4.99 Å². The summed E-state index contributed by atoms with van der Waals surface area (Å²) in [4.78, 5) is 8.74. The molecule has 1 aromatic heterocycles. The molecular formula is C17H27ClN4O3. The third-order valence-corrected chi connectivity index (χ3v) is 4.39. The molecule has 1 fully saturated rings. The van der Waals surface area contributed by atoms with Gasteiger partial charge in [-0.15, -0.1) is 0 Å². The number of halogens is 1. The molecule has 1 aromatic rings. The maximum Gasteiger partial charge on any atom is 0.232 e. The van der Waals surface area contributed by atoms with Crippen molar-refractivity contribution in [2.45, 2.75) is 19.8 Å². The van der Waals surface area contributed by atoms with Crippen LogP contribution >= 0.6 is 11.6 Å². The van der Waals surface area contributed by atoms with Crippen molar-refractivity contribution in [3.8, 4) is 5.88 Å². The van der Waals surface area contributed by atoms with Gasteiger partial charge in [0, 0.05) is 31.4 Å². The largest absolute Gasteiger partial charge is 0.475 e. The summed E-state index contributed by atoms with van der Waals surface area (Å²) in [6.07, 6.45) is 3.28. The van der Waals surface area contributed by atoms with Crippen LogP contribution in [0, 0.1) is 5.41 Å². The lowest BCUT2D eigenvalue weighted by atomic mass is 9.84. The number of nitrogens with zero attached hydrogens (tertiary/aromatic N) is 2. The van der Waals surface area contributed by atoms with Crippen LogP contribution in [0.4, 0.5) is 0 Å². The van der Waals surface area contributed by atoms with Crippen LogP contribution in [-0.2, 0) is 4.74 Å². The highest BCUT2D eigenvalue weighted by Crippen LogP contribution is 2.32. The molecule has 8 heteroatoms. The Morgan fingerprint density at radius 2 is 2.40 bits per heavy atom. The number of aromatic nitrogens is 1. The topological polar surface area (TPSA) is 88.0 Å². The van der Waals surface area contributed by atoms with Gasteiger partial charge >= 0.3 is 0 Å². The third-order valence-electron chi connectivity index (χ3n) is 4.10. The van der Waals surface area contributed by atoms with Crippen molar-refractivity contribution in [1.29, 1.82) is 0 Å². The zero-order valence-electron chi connectivity index (χ0n) is 14.6. The highest BCUT2D eigenvalue weighted by Gasteiger charge is 2.34. The zero-order valence-corrected chi connectivity index (χ0v) is 15.4. The summed E-state index contributed by atoms with van der Waals surface area (Å²) >= 11 is 6.01. The minimum absolute atomic E-state index is 0.0604. The Balaban J connectivity index is 1.82. The van der Waals surface area contributed by atoms with Gasteiger partial charge < -0.3 is 25.2 Å². The first kappa shape index (κ1) is 19.8. The van der Waals surface area contributed by atoms with E-state index < -0.39 is 0 Å². The molecule has 0 radical (unpaired) electrons. The first-order valence-corrected chi connectivity index (χ1v) is 9.01. The molecule has 1 unspecified atom stereocenters. The Labute approximate surface area is 153 Å². The van der Waals surface area contributed by atoms with Gasteiger partial charge in [-0.1, -0.05) is 11.6 Å². The van der Waals surface area contributed by atoms with E-state index in [-0.39, 0.29) is 12.0 Å². The Morgan fingerprint density at radius 1 is 1.52 bits per heavy atom. The molecule has 1 aliphatic rings. The molecule has 2 heterocycles. The van der Waals surface area contributed by atoms with Gasteiger partial charge in [0.15, 0.2) is 5.96 Å². The van der Waals surface area contributed by atoms with Crippen molar-refractivity contribution in [3.63, 3.8) is 0 Å². The van der Waals surface area contributed by atoms with Crippen molar-refractivity contribution >= 4 is 17.6 Å². The predicted octanol–water partition coefficient (Wildman–Crippen LogP) is 1.46. The molecule has 7 nitrogen and oxygen atoms in total. The van der Waals surface area contributed by atoms with Crippen LogP contribution in [0.3, 0.4) is 0 Å². The van der Waals surface area contributed by atoms with Gasteiger partial charge in [0.1, 0.15) is 11.6 Å². The normalized spacial score (nSPS) is 20.5. The second kappa shape index (κ2) is 10.4. The molecule has 0 aliphatic carbocycles. The fraction of sp³-hybridized carbons (Fsp3) is 0.647. The lowest BCUT2D eigenvalue weighted by Crippen LogP contribution is -2.40. The number of aliphatic hydroxyl groups excluding tert-OH is 1. The van der Waals surface area contributed by atoms with Gasteiger partial charge in [-0.25, -0.2) is 4.98 Å². The smallest absolute Gasteiger partial charge is 0.232 e. The molecule has 1 aliphatic heterocycles. The van der Waals surface area contributed by atoms with E-state index in [9.17, 15) is 5.11 Å². The third kappa shape index (κ3) is 6.34. The van der Waals surface area contributed by atoms with Crippen molar-refractivity contribution in [1.82, 2.24) is 15.6 Å². The first-order valence-electron chi connectivity index (χ1n) is 8.63. The number of ether oxygens (including phenoxy) is 2. The van der Waals surface area contributed by atoms with Gasteiger partial charge in [0.2, 0.25) is 5.88 Å². The molecule has 2 rings (SSSR count). The molecule has 1 saturated heterocycles. The summed E-state index contributed by atoms with van der Waals surface area (Å²) in [6.45, 7) is 5.94.